The molecule has 0 fully saturated rings. The predicted octanol–water partition coefficient (Wildman–Crippen LogP) is 10.8. The Kier molecular flexibility index (Phi) is 7.18. The van der Waals surface area contributed by atoms with Gasteiger partial charge in [0.05, 0.1) is 11.0 Å². The molecule has 3 aromatic heterocycles. The van der Waals surface area contributed by atoms with Crippen molar-refractivity contribution in [3.63, 3.8) is 0 Å². The summed E-state index contributed by atoms with van der Waals surface area (Å²) >= 11 is 0. The molecule has 0 bridgehead atoms. The molecule has 0 unspecified atom stereocenters. The van der Waals surface area contributed by atoms with Gasteiger partial charge in [0.1, 0.15) is 0 Å². The van der Waals surface area contributed by atoms with Crippen molar-refractivity contribution in [2.75, 3.05) is 0 Å². The maximum atomic E-state index is 12.7. The van der Waals surface area contributed by atoms with Gasteiger partial charge in [-0.05, 0) is 12.1 Å². The number of para-hydroxylation sites is 4. The van der Waals surface area contributed by atoms with Gasteiger partial charge in [-0.3, -0.25) is 0 Å². The van der Waals surface area contributed by atoms with Crippen molar-refractivity contribution in [2.45, 2.75) is 0 Å². The normalized spacial score (nSPS) is 12.4. The zero-order chi connectivity index (χ0) is 36.5. The Morgan fingerprint density at radius 1 is 0.273 bits per heavy atom. The van der Waals surface area contributed by atoms with Crippen LogP contribution in [0.3, 0.4) is 0 Å². The Morgan fingerprint density at radius 2 is 0.564 bits per heavy atom. The van der Waals surface area contributed by atoms with Gasteiger partial charge in [-0.1, -0.05) is 36.4 Å². The van der Waals surface area contributed by atoms with Crippen LogP contribution < -0.4 is 15.9 Å². The van der Waals surface area contributed by atoms with Gasteiger partial charge in [-0.2, -0.15) is 0 Å². The summed E-state index contributed by atoms with van der Waals surface area (Å²) in [6.07, 6.45) is 0. The Bertz CT molecular complexity index is 3100. The van der Waals surface area contributed by atoms with Crippen molar-refractivity contribution in [1.82, 2.24) is 13.7 Å². The van der Waals surface area contributed by atoms with Crippen molar-refractivity contribution < 1.29 is 4.89 Å². The van der Waals surface area contributed by atoms with E-state index in [0.29, 0.717) is 0 Å². The molecule has 0 aliphatic carbocycles. The first-order valence-electron chi connectivity index (χ1n) is 18.8. The van der Waals surface area contributed by atoms with Crippen molar-refractivity contribution >= 4 is 78.0 Å². The Labute approximate surface area is 318 Å². The molecule has 0 aliphatic rings. The van der Waals surface area contributed by atoms with Gasteiger partial charge in [0.15, 0.2) is 0 Å². The van der Waals surface area contributed by atoms with Gasteiger partial charge in [0, 0.05) is 10.8 Å². The van der Waals surface area contributed by atoms with E-state index in [2.05, 4.69) is 184 Å². The monoisotopic (exact) mass is 725 g/mol. The Morgan fingerprint density at radius 3 is 0.982 bits per heavy atom. The third-order valence-corrected chi connectivity index (χ3v) is 14.9. The predicted molar refractivity (Wildman–Crippen MR) is 234 cm³/mol. The first-order valence-corrected chi connectivity index (χ1v) is 20.7. The van der Waals surface area contributed by atoms with Crippen LogP contribution in [0.15, 0.2) is 206 Å². The van der Waals surface area contributed by atoms with Crippen LogP contribution in [-0.4, -0.2) is 18.6 Å². The van der Waals surface area contributed by atoms with Crippen LogP contribution in [0, 0.1) is 0 Å². The van der Waals surface area contributed by atoms with Gasteiger partial charge >= 0.3 is 245 Å². The summed E-state index contributed by atoms with van der Waals surface area (Å²) in [5.41, 5.74) is 10.3. The molecule has 262 valence electrons. The third kappa shape index (κ3) is 4.72. The van der Waals surface area contributed by atoms with Gasteiger partial charge in [-0.15, -0.1) is 0 Å². The molecule has 4 nitrogen and oxygen atoms in total. The maximum absolute atomic E-state index is 12.7. The molecule has 55 heavy (non-hydrogen) atoms. The van der Waals surface area contributed by atoms with Crippen molar-refractivity contribution in [1.29, 1.82) is 0 Å². The topological polar surface area (TPSA) is 35.0 Å². The fourth-order valence-electron chi connectivity index (χ4n) is 8.88. The molecule has 0 saturated heterocycles. The molecule has 1 N–H and O–H groups in total. The number of hydrogen-bond acceptors (Lipinski definition) is 1. The van der Waals surface area contributed by atoms with E-state index in [-0.39, 0.29) is 0 Å². The van der Waals surface area contributed by atoms with Crippen LogP contribution in [0.1, 0.15) is 0 Å². The average molecular weight is 726 g/mol. The van der Waals surface area contributed by atoms with Gasteiger partial charge in [0.25, 0.3) is 0 Å². The molecule has 0 aliphatic heterocycles. The number of aromatic nitrogens is 3. The Hall–Kier alpha value is -6.71. The minimum atomic E-state index is -3.25. The fourth-order valence-corrected chi connectivity index (χ4v) is 11.9. The van der Waals surface area contributed by atoms with Crippen molar-refractivity contribution in [3.05, 3.63) is 206 Å². The summed E-state index contributed by atoms with van der Waals surface area (Å²) in [6.45, 7) is 0. The van der Waals surface area contributed by atoms with Gasteiger partial charge in [0.2, 0.25) is 0 Å². The quantitative estimate of drug-likeness (QED) is 0.170. The van der Waals surface area contributed by atoms with E-state index < -0.39 is 7.49 Å². The average Bonchev–Trinajstić information content (AvgIpc) is 3.90. The Balaban J connectivity index is 1.09. The second kappa shape index (κ2) is 12.4. The minimum absolute atomic E-state index is 0.951. The number of nitrogens with zero attached hydrogens (tertiary/aromatic N) is 3. The second-order valence-corrected chi connectivity index (χ2v) is 17.4. The summed E-state index contributed by atoms with van der Waals surface area (Å²) in [5, 5.41) is 7.77. The number of benzene rings is 8. The van der Waals surface area contributed by atoms with E-state index in [9.17, 15) is 4.89 Å². The fraction of sp³-hybridized carbons (Fsp3) is 0. The summed E-state index contributed by atoms with van der Waals surface area (Å²) in [6, 6.07) is 72.7. The van der Waals surface area contributed by atoms with Crippen LogP contribution in [0.25, 0.3) is 71.7 Å². The van der Waals surface area contributed by atoms with E-state index in [0.717, 1.165) is 49.5 Å². The van der Waals surface area contributed by atoms with Gasteiger partial charge < -0.3 is 4.57 Å². The first-order chi connectivity index (χ1) is 27.2. The zero-order valence-electron chi connectivity index (χ0n) is 29.9. The van der Waals surface area contributed by atoms with Crippen LogP contribution >= 0.6 is 7.49 Å². The van der Waals surface area contributed by atoms with Crippen LogP contribution in [-0.2, 0) is 0 Å². The van der Waals surface area contributed by atoms with E-state index in [1.54, 1.807) is 0 Å². The molecule has 0 saturated carbocycles. The zero-order valence-corrected chi connectivity index (χ0v) is 30.9. The SMILES string of the molecule is O[PH](c1ccccc1)(c1ccccc1)c1ccc(-n2c3ccccc3c3c2c2ccccc2n3-c2ccc(-n3c4ccccc4c4ccccc43)cc2)cc1. The molecule has 3 heterocycles. The number of fused-ring (bicyclic) bond motifs is 8. The standard InChI is InChI=1S/C50H36N3OP/c54-55(38-15-3-1-4-16-38,39-17-5-2-6-18-39)40-33-31-37(32-34-40)53-48-26-14-10-22-44(48)49-50(53)43-21-9-13-25-47(43)52(49)36-29-27-35(28-30-36)51-45-23-11-7-19-41(45)42-20-8-12-24-46(42)51/h1-34,54-55H. The third-order valence-electron chi connectivity index (χ3n) is 11.3. The molecule has 0 amide bonds. The second-order valence-electron chi connectivity index (χ2n) is 14.3. The molecular weight excluding hydrogens is 690 g/mol. The molecule has 8 aromatic carbocycles. The molecule has 5 heteroatoms. The summed E-state index contributed by atoms with van der Waals surface area (Å²) in [5.74, 6) is 0. The van der Waals surface area contributed by atoms with E-state index >= 15 is 0 Å². The summed E-state index contributed by atoms with van der Waals surface area (Å²) in [7, 11) is -3.25. The van der Waals surface area contributed by atoms with Crippen LogP contribution in [0.2, 0.25) is 0 Å². The number of hydrogen-bond donors (Lipinski definition) is 1. The molecule has 11 aromatic rings. The van der Waals surface area contributed by atoms with Gasteiger partial charge in [-0.25, -0.2) is 0 Å². The summed E-state index contributed by atoms with van der Waals surface area (Å²) < 4.78 is 7.18. The summed E-state index contributed by atoms with van der Waals surface area (Å²) in [4.78, 5) is 12.7. The number of rotatable bonds is 6. The molecule has 0 spiro atoms. The molecule has 0 radical (unpaired) electrons. The molecular formula is C50H36N3OP. The van der Waals surface area contributed by atoms with E-state index in [1.807, 2.05) is 36.4 Å². The first kappa shape index (κ1) is 31.8. The van der Waals surface area contributed by atoms with E-state index in [4.69, 9.17) is 0 Å². The van der Waals surface area contributed by atoms with E-state index in [1.165, 1.54) is 38.1 Å². The van der Waals surface area contributed by atoms with Crippen LogP contribution in [0.4, 0.5) is 0 Å². The van der Waals surface area contributed by atoms with Crippen molar-refractivity contribution in [3.8, 4) is 17.1 Å². The molecule has 11 rings (SSSR count). The van der Waals surface area contributed by atoms with Crippen molar-refractivity contribution in [2.24, 2.45) is 0 Å². The van der Waals surface area contributed by atoms with Crippen LogP contribution in [0.5, 0.6) is 0 Å². The molecule has 0 atom stereocenters.